The summed E-state index contributed by atoms with van der Waals surface area (Å²) in [7, 11) is -2.16. The standard InChI is InChI=1S/C6H15N2OP.C2H6/c1-5-7-6(2)8-10(3,4)9;1-2/h7H,2,5H2,1,3-4H3,(H,8,9);1-2H3. The van der Waals surface area contributed by atoms with Crippen LogP contribution in [0.4, 0.5) is 0 Å². The van der Waals surface area contributed by atoms with Crippen LogP contribution in [0.1, 0.15) is 20.8 Å². The lowest BCUT2D eigenvalue weighted by atomic mass is 10.7. The minimum Gasteiger partial charge on any atom is -0.372 e. The Morgan fingerprint density at radius 1 is 1.42 bits per heavy atom. The second-order valence-electron chi connectivity index (χ2n) is 2.47. The Hall–Kier alpha value is -0.430. The van der Waals surface area contributed by atoms with E-state index in [0.717, 1.165) is 6.54 Å². The predicted molar refractivity (Wildman–Crippen MR) is 56.8 cm³/mol. The van der Waals surface area contributed by atoms with Gasteiger partial charge in [0.25, 0.3) is 0 Å². The molecule has 0 saturated heterocycles. The average Bonchev–Trinajstić information content (AvgIpc) is 1.88. The summed E-state index contributed by atoms with van der Waals surface area (Å²) in [6, 6.07) is 0. The predicted octanol–water partition coefficient (Wildman–Crippen LogP) is 2.22. The Kier molecular flexibility index (Phi) is 8.51. The van der Waals surface area contributed by atoms with Crippen LogP contribution in [0.2, 0.25) is 0 Å². The highest BCUT2D eigenvalue weighted by atomic mass is 31.2. The summed E-state index contributed by atoms with van der Waals surface area (Å²) >= 11 is 0. The summed E-state index contributed by atoms with van der Waals surface area (Å²) in [5.74, 6) is 0.635. The first-order valence-electron chi connectivity index (χ1n) is 4.21. The fourth-order valence-electron chi connectivity index (χ4n) is 0.578. The Morgan fingerprint density at radius 2 is 1.83 bits per heavy atom. The van der Waals surface area contributed by atoms with Gasteiger partial charge in [0.05, 0.1) is 5.82 Å². The SMILES string of the molecule is C=C(NCC)NP(C)(C)=O.CC. The van der Waals surface area contributed by atoms with Crippen molar-refractivity contribution in [3.05, 3.63) is 12.4 Å². The molecule has 4 heteroatoms. The molecule has 0 aromatic carbocycles. The zero-order valence-electron chi connectivity index (χ0n) is 8.77. The second kappa shape index (κ2) is 7.23. The van der Waals surface area contributed by atoms with Crippen molar-refractivity contribution in [3.63, 3.8) is 0 Å². The molecule has 0 aromatic heterocycles. The van der Waals surface area contributed by atoms with Crippen molar-refractivity contribution in [2.75, 3.05) is 19.9 Å². The zero-order chi connectivity index (χ0) is 10.2. The first kappa shape index (κ1) is 14.1. The summed E-state index contributed by atoms with van der Waals surface area (Å²) in [4.78, 5) is 0. The van der Waals surface area contributed by atoms with E-state index < -0.39 is 7.29 Å². The van der Waals surface area contributed by atoms with Crippen LogP contribution in [-0.4, -0.2) is 19.9 Å². The van der Waals surface area contributed by atoms with Gasteiger partial charge in [0.1, 0.15) is 0 Å². The molecular weight excluding hydrogens is 171 g/mol. The number of nitrogens with one attached hydrogen (secondary N) is 2. The molecule has 0 aliphatic carbocycles. The van der Waals surface area contributed by atoms with Gasteiger partial charge in [0.15, 0.2) is 7.29 Å². The maximum atomic E-state index is 11.1. The molecule has 0 aromatic rings. The highest BCUT2D eigenvalue weighted by Gasteiger charge is 2.04. The van der Waals surface area contributed by atoms with Gasteiger partial charge < -0.3 is 15.0 Å². The van der Waals surface area contributed by atoms with Crippen molar-refractivity contribution >= 4 is 7.29 Å². The first-order chi connectivity index (χ1) is 5.45. The monoisotopic (exact) mass is 192 g/mol. The molecule has 0 heterocycles. The molecule has 0 rings (SSSR count). The average molecular weight is 192 g/mol. The number of rotatable bonds is 4. The van der Waals surface area contributed by atoms with E-state index >= 15 is 0 Å². The first-order valence-corrected chi connectivity index (χ1v) is 6.82. The summed E-state index contributed by atoms with van der Waals surface area (Å²) in [5.41, 5.74) is 0. The molecule has 0 saturated carbocycles. The molecule has 0 spiro atoms. The quantitative estimate of drug-likeness (QED) is 0.671. The van der Waals surface area contributed by atoms with Crippen LogP contribution in [0, 0.1) is 0 Å². The molecule has 3 nitrogen and oxygen atoms in total. The normalized spacial score (nSPS) is 9.42. The summed E-state index contributed by atoms with van der Waals surface area (Å²) in [6.45, 7) is 13.7. The minimum atomic E-state index is -2.16. The molecule has 0 aliphatic heterocycles. The van der Waals surface area contributed by atoms with Crippen molar-refractivity contribution in [2.24, 2.45) is 0 Å². The Bertz CT molecular complexity index is 162. The molecule has 12 heavy (non-hydrogen) atoms. The summed E-state index contributed by atoms with van der Waals surface area (Å²) in [5, 5.41) is 5.69. The molecule has 0 aliphatic rings. The Balaban J connectivity index is 0. The molecule has 0 fully saturated rings. The molecule has 0 amide bonds. The van der Waals surface area contributed by atoms with Crippen LogP contribution in [-0.2, 0) is 4.57 Å². The smallest absolute Gasteiger partial charge is 0.165 e. The fourth-order valence-corrected chi connectivity index (χ4v) is 1.31. The van der Waals surface area contributed by atoms with Gasteiger partial charge in [-0.2, -0.15) is 0 Å². The van der Waals surface area contributed by atoms with E-state index in [2.05, 4.69) is 17.0 Å². The molecule has 74 valence electrons. The van der Waals surface area contributed by atoms with Crippen molar-refractivity contribution in [2.45, 2.75) is 20.8 Å². The molecular formula is C8H21N2OP. The highest BCUT2D eigenvalue weighted by molar-refractivity contribution is 7.60. The van der Waals surface area contributed by atoms with E-state index in [9.17, 15) is 4.57 Å². The van der Waals surface area contributed by atoms with Gasteiger partial charge >= 0.3 is 0 Å². The lowest BCUT2D eigenvalue weighted by molar-refractivity contribution is 0.575. The van der Waals surface area contributed by atoms with Gasteiger partial charge in [-0.15, -0.1) is 0 Å². The van der Waals surface area contributed by atoms with Gasteiger partial charge in [-0.05, 0) is 6.92 Å². The summed E-state index contributed by atoms with van der Waals surface area (Å²) in [6.07, 6.45) is 0. The molecule has 0 radical (unpaired) electrons. The number of hydrogen-bond acceptors (Lipinski definition) is 2. The Labute approximate surface area is 76.1 Å². The highest BCUT2D eigenvalue weighted by Crippen LogP contribution is 2.30. The van der Waals surface area contributed by atoms with Crippen LogP contribution >= 0.6 is 7.29 Å². The molecule has 2 N–H and O–H groups in total. The van der Waals surface area contributed by atoms with E-state index in [1.165, 1.54) is 0 Å². The zero-order valence-corrected chi connectivity index (χ0v) is 9.66. The van der Waals surface area contributed by atoms with Crippen molar-refractivity contribution in [3.8, 4) is 0 Å². The molecule has 0 bridgehead atoms. The van der Waals surface area contributed by atoms with Crippen LogP contribution in [0.25, 0.3) is 0 Å². The largest absolute Gasteiger partial charge is 0.372 e. The van der Waals surface area contributed by atoms with Crippen LogP contribution < -0.4 is 10.4 Å². The van der Waals surface area contributed by atoms with E-state index in [-0.39, 0.29) is 0 Å². The molecule has 0 unspecified atom stereocenters. The minimum absolute atomic E-state index is 0.635. The van der Waals surface area contributed by atoms with Gasteiger partial charge in [0.2, 0.25) is 0 Å². The van der Waals surface area contributed by atoms with Crippen LogP contribution in [0.3, 0.4) is 0 Å². The lowest BCUT2D eigenvalue weighted by Gasteiger charge is -2.13. The molecule has 0 atom stereocenters. The van der Waals surface area contributed by atoms with E-state index in [4.69, 9.17) is 0 Å². The Morgan fingerprint density at radius 3 is 2.08 bits per heavy atom. The van der Waals surface area contributed by atoms with Gasteiger partial charge in [-0.3, -0.25) is 0 Å². The van der Waals surface area contributed by atoms with Crippen LogP contribution in [0.5, 0.6) is 0 Å². The third-order valence-electron chi connectivity index (χ3n) is 0.794. The van der Waals surface area contributed by atoms with Crippen molar-refractivity contribution in [1.82, 2.24) is 10.4 Å². The van der Waals surface area contributed by atoms with Crippen molar-refractivity contribution < 1.29 is 4.57 Å². The van der Waals surface area contributed by atoms with E-state index in [1.54, 1.807) is 13.3 Å². The van der Waals surface area contributed by atoms with Crippen molar-refractivity contribution in [1.29, 1.82) is 0 Å². The third-order valence-corrected chi connectivity index (χ3v) is 1.60. The van der Waals surface area contributed by atoms with Crippen LogP contribution in [0.15, 0.2) is 12.4 Å². The fraction of sp³-hybridized carbons (Fsp3) is 0.750. The maximum absolute atomic E-state index is 11.1. The third kappa shape index (κ3) is 12.3. The van der Waals surface area contributed by atoms with Gasteiger partial charge in [-0.1, -0.05) is 20.4 Å². The van der Waals surface area contributed by atoms with Gasteiger partial charge in [0, 0.05) is 19.9 Å². The topological polar surface area (TPSA) is 41.1 Å². The van der Waals surface area contributed by atoms with Gasteiger partial charge in [-0.25, -0.2) is 0 Å². The maximum Gasteiger partial charge on any atom is 0.165 e. The van der Waals surface area contributed by atoms with E-state index in [1.807, 2.05) is 20.8 Å². The summed E-state index contributed by atoms with van der Waals surface area (Å²) < 4.78 is 11.1. The lowest BCUT2D eigenvalue weighted by Crippen LogP contribution is -2.22. The number of hydrogen-bond donors (Lipinski definition) is 2. The second-order valence-corrected chi connectivity index (χ2v) is 5.40. The van der Waals surface area contributed by atoms with E-state index in [0.29, 0.717) is 5.82 Å².